The predicted octanol–water partition coefficient (Wildman–Crippen LogP) is -2.78. The molecule has 2 unspecified atom stereocenters. The lowest BCUT2D eigenvalue weighted by Gasteiger charge is -2.31. The number of nitrogens with zero attached hydrogens (tertiary/aromatic N) is 4. The third kappa shape index (κ3) is 1.30. The Morgan fingerprint density at radius 1 is 1.41 bits per heavy atom. The minimum atomic E-state index is -2.35. The van der Waals surface area contributed by atoms with Crippen molar-refractivity contribution >= 4 is 17.6 Å². The number of amidine groups is 2. The summed E-state index contributed by atoms with van der Waals surface area (Å²) in [5, 5.41) is 24.6. The van der Waals surface area contributed by atoms with Crippen LogP contribution in [0.2, 0.25) is 0 Å². The Kier molecular flexibility index (Phi) is 2.45. The SMILES string of the molecule is NC1=NN2C(=NCC2[C@@H]2O[C@@]3(CO)C(F)[C@]3(O)[C@H]2F)C(N)=N1. The molecule has 6 N–H and O–H groups in total. The van der Waals surface area contributed by atoms with Gasteiger partial charge in [-0.25, -0.2) is 13.8 Å². The summed E-state index contributed by atoms with van der Waals surface area (Å²) in [5.74, 6) is 0.130. The average Bonchev–Trinajstić information content (AvgIpc) is 2.81. The van der Waals surface area contributed by atoms with Gasteiger partial charge in [0.15, 0.2) is 35.2 Å². The van der Waals surface area contributed by atoms with Crippen LogP contribution in [0.15, 0.2) is 15.1 Å². The Morgan fingerprint density at radius 3 is 2.77 bits per heavy atom. The minimum Gasteiger partial charge on any atom is -0.393 e. The van der Waals surface area contributed by atoms with Crippen LogP contribution >= 0.6 is 0 Å². The van der Waals surface area contributed by atoms with Gasteiger partial charge in [0.2, 0.25) is 5.96 Å². The highest BCUT2D eigenvalue weighted by Gasteiger charge is 2.89. The number of nitrogens with two attached hydrogens (primary N) is 2. The molecule has 0 aromatic heterocycles. The molecule has 22 heavy (non-hydrogen) atoms. The Bertz CT molecular complexity index is 637. The predicted molar refractivity (Wildman–Crippen MR) is 70.6 cm³/mol. The molecule has 120 valence electrons. The molecule has 11 heteroatoms. The number of halogens is 2. The fourth-order valence-electron chi connectivity index (χ4n) is 3.42. The second-order valence-corrected chi connectivity index (χ2v) is 5.75. The van der Waals surface area contributed by atoms with E-state index in [0.717, 1.165) is 0 Å². The summed E-state index contributed by atoms with van der Waals surface area (Å²) in [6, 6.07) is -0.759. The van der Waals surface area contributed by atoms with Crippen LogP contribution in [0.5, 0.6) is 0 Å². The van der Waals surface area contributed by atoms with Crippen molar-refractivity contribution in [3.63, 3.8) is 0 Å². The highest BCUT2D eigenvalue weighted by Crippen LogP contribution is 2.63. The van der Waals surface area contributed by atoms with Crippen LogP contribution in [0, 0.1) is 0 Å². The van der Waals surface area contributed by atoms with Crippen LogP contribution in [-0.4, -0.2) is 81.7 Å². The number of rotatable bonds is 2. The molecule has 0 aromatic carbocycles. The molecular formula is C11H14F2N6O3. The zero-order valence-corrected chi connectivity index (χ0v) is 11.2. The van der Waals surface area contributed by atoms with E-state index < -0.39 is 42.3 Å². The molecule has 6 atom stereocenters. The third-order valence-corrected chi connectivity index (χ3v) is 4.69. The Labute approximate surface area is 122 Å². The largest absolute Gasteiger partial charge is 0.393 e. The molecule has 3 heterocycles. The quantitative estimate of drug-likeness (QED) is 0.434. The zero-order chi connectivity index (χ0) is 15.9. The van der Waals surface area contributed by atoms with Gasteiger partial charge in [0.05, 0.1) is 13.2 Å². The maximum Gasteiger partial charge on any atom is 0.240 e. The molecule has 4 aliphatic rings. The first-order chi connectivity index (χ1) is 10.4. The van der Waals surface area contributed by atoms with Gasteiger partial charge in [-0.15, -0.1) is 5.10 Å². The van der Waals surface area contributed by atoms with Crippen molar-refractivity contribution in [2.45, 2.75) is 35.7 Å². The molecular weight excluding hydrogens is 302 g/mol. The number of fused-ring (bicyclic) bond motifs is 2. The molecule has 4 rings (SSSR count). The van der Waals surface area contributed by atoms with Gasteiger partial charge >= 0.3 is 0 Å². The molecule has 3 aliphatic heterocycles. The zero-order valence-electron chi connectivity index (χ0n) is 11.2. The molecule has 0 aromatic rings. The van der Waals surface area contributed by atoms with Gasteiger partial charge in [0.1, 0.15) is 12.1 Å². The van der Waals surface area contributed by atoms with E-state index in [1.807, 2.05) is 0 Å². The van der Waals surface area contributed by atoms with Crippen LogP contribution in [-0.2, 0) is 4.74 Å². The summed E-state index contributed by atoms with van der Waals surface area (Å²) < 4.78 is 33.6. The maximum atomic E-state index is 14.5. The summed E-state index contributed by atoms with van der Waals surface area (Å²) in [5.41, 5.74) is 6.92. The second kappa shape index (κ2) is 3.91. The first-order valence-electron chi connectivity index (χ1n) is 6.68. The first kappa shape index (κ1) is 13.8. The van der Waals surface area contributed by atoms with Crippen molar-refractivity contribution in [2.24, 2.45) is 26.6 Å². The molecule has 9 nitrogen and oxygen atoms in total. The lowest BCUT2D eigenvalue weighted by Crippen LogP contribution is -2.52. The fourth-order valence-corrected chi connectivity index (χ4v) is 3.42. The molecule has 1 aliphatic carbocycles. The van der Waals surface area contributed by atoms with Crippen molar-refractivity contribution in [1.82, 2.24) is 5.01 Å². The summed E-state index contributed by atoms with van der Waals surface area (Å²) in [6.07, 6.45) is -5.24. The Morgan fingerprint density at radius 2 is 2.14 bits per heavy atom. The minimum absolute atomic E-state index is 0.0347. The normalized spacial score (nSPS) is 49.3. The van der Waals surface area contributed by atoms with Gasteiger partial charge in [0, 0.05) is 0 Å². The molecule has 0 bridgehead atoms. The van der Waals surface area contributed by atoms with Crippen LogP contribution < -0.4 is 11.5 Å². The summed E-state index contributed by atoms with van der Waals surface area (Å²) in [7, 11) is 0. The smallest absolute Gasteiger partial charge is 0.240 e. The number of aliphatic imine (C=N–C) groups is 2. The lowest BCUT2D eigenvalue weighted by molar-refractivity contribution is -0.0806. The molecule has 1 saturated carbocycles. The molecule has 0 amide bonds. The third-order valence-electron chi connectivity index (χ3n) is 4.69. The molecule has 0 radical (unpaired) electrons. The monoisotopic (exact) mass is 316 g/mol. The fraction of sp³-hybridized carbons (Fsp3) is 0.727. The van der Waals surface area contributed by atoms with E-state index in [1.54, 1.807) is 0 Å². The standard InChI is InChI=1S/C11H14F2N6O3/c12-5-4(22-10(2-20)8(13)11(5,10)21)3-1-16-7-6(14)17-9(15)18-19(3)7/h3-5,8,20-21H,1-2H2,(H4,14,15,17,18)/t3?,4-,5-,8?,10-,11+/m0/s1. The van der Waals surface area contributed by atoms with E-state index in [2.05, 4.69) is 15.1 Å². The number of ether oxygens (including phenoxy) is 1. The first-order valence-corrected chi connectivity index (χ1v) is 6.68. The van der Waals surface area contributed by atoms with Crippen LogP contribution in [0.3, 0.4) is 0 Å². The van der Waals surface area contributed by atoms with Gasteiger partial charge in [0.25, 0.3) is 0 Å². The Hall–Kier alpha value is -1.85. The van der Waals surface area contributed by atoms with E-state index in [9.17, 15) is 19.0 Å². The second-order valence-electron chi connectivity index (χ2n) is 5.75. The topological polar surface area (TPSA) is 142 Å². The van der Waals surface area contributed by atoms with Gasteiger partial charge in [-0.3, -0.25) is 4.99 Å². The average molecular weight is 316 g/mol. The van der Waals surface area contributed by atoms with Crippen LogP contribution in [0.25, 0.3) is 0 Å². The van der Waals surface area contributed by atoms with E-state index in [1.165, 1.54) is 5.01 Å². The number of aliphatic hydroxyl groups excluding tert-OH is 1. The van der Waals surface area contributed by atoms with E-state index in [4.69, 9.17) is 16.2 Å². The van der Waals surface area contributed by atoms with Crippen molar-refractivity contribution < 1.29 is 23.7 Å². The highest BCUT2D eigenvalue weighted by atomic mass is 19.2. The van der Waals surface area contributed by atoms with Gasteiger partial charge in [-0.1, -0.05) is 0 Å². The van der Waals surface area contributed by atoms with Crippen LogP contribution in [0.1, 0.15) is 0 Å². The van der Waals surface area contributed by atoms with Crippen molar-refractivity contribution in [2.75, 3.05) is 13.2 Å². The lowest BCUT2D eigenvalue weighted by atomic mass is 10.0. The number of aliphatic hydroxyl groups is 2. The number of hydrazone groups is 1. The number of alkyl halides is 2. The number of guanidine groups is 1. The van der Waals surface area contributed by atoms with Gasteiger partial charge in [-0.05, 0) is 0 Å². The van der Waals surface area contributed by atoms with E-state index >= 15 is 0 Å². The van der Waals surface area contributed by atoms with Gasteiger partial charge < -0.3 is 26.4 Å². The number of hydrogen-bond acceptors (Lipinski definition) is 9. The van der Waals surface area contributed by atoms with E-state index in [-0.39, 0.29) is 24.2 Å². The summed E-state index contributed by atoms with van der Waals surface area (Å²) >= 11 is 0. The molecule has 1 saturated heterocycles. The summed E-state index contributed by atoms with van der Waals surface area (Å²) in [6.45, 7) is -0.751. The summed E-state index contributed by atoms with van der Waals surface area (Å²) in [4.78, 5) is 7.85. The van der Waals surface area contributed by atoms with E-state index in [0.29, 0.717) is 0 Å². The van der Waals surface area contributed by atoms with Crippen molar-refractivity contribution in [1.29, 1.82) is 0 Å². The maximum absolute atomic E-state index is 14.5. The Balaban J connectivity index is 1.63. The highest BCUT2D eigenvalue weighted by molar-refractivity contribution is 6.42. The van der Waals surface area contributed by atoms with Crippen molar-refractivity contribution in [3.8, 4) is 0 Å². The van der Waals surface area contributed by atoms with Gasteiger partial charge in [-0.2, -0.15) is 4.99 Å². The molecule has 0 spiro atoms. The molecule has 2 fully saturated rings. The van der Waals surface area contributed by atoms with Crippen LogP contribution in [0.4, 0.5) is 8.78 Å². The van der Waals surface area contributed by atoms with Crippen molar-refractivity contribution in [3.05, 3.63) is 0 Å². The number of hydrogen-bond donors (Lipinski definition) is 4.